The number of hydrogen-bond acceptors (Lipinski definition) is 3. The summed E-state index contributed by atoms with van der Waals surface area (Å²) in [6.45, 7) is 1.42. The molecule has 1 saturated carbocycles. The van der Waals surface area contributed by atoms with Crippen LogP contribution in [0, 0.1) is 0 Å². The Hall–Kier alpha value is -0.130. The predicted molar refractivity (Wildman–Crippen MR) is 60.2 cm³/mol. The fourth-order valence-electron chi connectivity index (χ4n) is 2.19. The van der Waals surface area contributed by atoms with Gasteiger partial charge in [-0.1, -0.05) is 0 Å². The molecular formula is C10H20N2O2S. The molecule has 0 unspecified atom stereocenters. The molecule has 0 bridgehead atoms. The molecule has 0 N–H and O–H groups in total. The predicted octanol–water partition coefficient (Wildman–Crippen LogP) is 0.505. The molecule has 2 rings (SSSR count). The van der Waals surface area contributed by atoms with Gasteiger partial charge >= 0.3 is 0 Å². The quantitative estimate of drug-likeness (QED) is 0.711. The lowest BCUT2D eigenvalue weighted by molar-refractivity contribution is 0.196. The lowest BCUT2D eigenvalue weighted by Crippen LogP contribution is -2.45. The van der Waals surface area contributed by atoms with Crippen molar-refractivity contribution >= 4 is 10.0 Å². The molecule has 0 radical (unpaired) electrons. The molecule has 1 aliphatic carbocycles. The molecule has 2 aliphatic rings. The highest BCUT2D eigenvalue weighted by atomic mass is 32.2. The zero-order valence-corrected chi connectivity index (χ0v) is 10.3. The Labute approximate surface area is 92.3 Å². The summed E-state index contributed by atoms with van der Waals surface area (Å²) in [5.41, 5.74) is 0. The van der Waals surface area contributed by atoms with E-state index < -0.39 is 10.0 Å². The zero-order chi connectivity index (χ0) is 11.1. The molecular weight excluding hydrogens is 212 g/mol. The number of nitrogens with zero attached hydrogens (tertiary/aromatic N) is 2. The topological polar surface area (TPSA) is 40.6 Å². The molecule has 15 heavy (non-hydrogen) atoms. The zero-order valence-electron chi connectivity index (χ0n) is 9.52. The minimum atomic E-state index is -2.92. The lowest BCUT2D eigenvalue weighted by Gasteiger charge is -2.34. The van der Waals surface area contributed by atoms with E-state index in [1.54, 1.807) is 4.31 Å². The van der Waals surface area contributed by atoms with E-state index in [-0.39, 0.29) is 5.25 Å². The lowest BCUT2D eigenvalue weighted by atomic mass is 10.1. The molecule has 0 atom stereocenters. The second-order valence-electron chi connectivity index (χ2n) is 4.84. The van der Waals surface area contributed by atoms with Crippen molar-refractivity contribution in [3.8, 4) is 0 Å². The summed E-state index contributed by atoms with van der Waals surface area (Å²) < 4.78 is 25.6. The minimum Gasteiger partial charge on any atom is -0.306 e. The van der Waals surface area contributed by atoms with Crippen LogP contribution in [0.1, 0.15) is 25.7 Å². The number of rotatable bonds is 3. The van der Waals surface area contributed by atoms with Crippen molar-refractivity contribution in [3.05, 3.63) is 0 Å². The maximum atomic E-state index is 11.9. The molecule has 5 heteroatoms. The van der Waals surface area contributed by atoms with Gasteiger partial charge in [0.15, 0.2) is 0 Å². The summed E-state index contributed by atoms with van der Waals surface area (Å²) >= 11 is 0. The molecule has 0 aromatic carbocycles. The number of sulfonamides is 1. The highest BCUT2D eigenvalue weighted by Crippen LogP contribution is 2.32. The molecule has 0 aromatic rings. The van der Waals surface area contributed by atoms with Crippen molar-refractivity contribution in [1.82, 2.24) is 9.21 Å². The van der Waals surface area contributed by atoms with Crippen molar-refractivity contribution in [2.24, 2.45) is 0 Å². The van der Waals surface area contributed by atoms with Crippen LogP contribution in [0.3, 0.4) is 0 Å². The fourth-order valence-corrected chi connectivity index (χ4v) is 4.06. The third-order valence-electron chi connectivity index (χ3n) is 3.46. The molecule has 1 saturated heterocycles. The Balaban J connectivity index is 1.93. The van der Waals surface area contributed by atoms with E-state index >= 15 is 0 Å². The summed E-state index contributed by atoms with van der Waals surface area (Å²) in [6, 6.07) is 0.552. The molecule has 1 aliphatic heterocycles. The van der Waals surface area contributed by atoms with Crippen LogP contribution in [0.4, 0.5) is 0 Å². The van der Waals surface area contributed by atoms with Gasteiger partial charge < -0.3 is 4.90 Å². The van der Waals surface area contributed by atoms with Crippen LogP contribution in [-0.4, -0.2) is 56.1 Å². The van der Waals surface area contributed by atoms with Crippen LogP contribution in [0.5, 0.6) is 0 Å². The maximum absolute atomic E-state index is 11.9. The Bertz CT molecular complexity index is 314. The van der Waals surface area contributed by atoms with Gasteiger partial charge in [0, 0.05) is 19.1 Å². The summed E-state index contributed by atoms with van der Waals surface area (Å²) in [5.74, 6) is 0. The van der Waals surface area contributed by atoms with E-state index in [1.807, 2.05) is 0 Å². The van der Waals surface area contributed by atoms with E-state index in [0.29, 0.717) is 19.1 Å². The van der Waals surface area contributed by atoms with Crippen molar-refractivity contribution in [2.75, 3.05) is 27.2 Å². The van der Waals surface area contributed by atoms with Gasteiger partial charge in [0.2, 0.25) is 10.0 Å². The van der Waals surface area contributed by atoms with Gasteiger partial charge in [0.25, 0.3) is 0 Å². The summed E-state index contributed by atoms with van der Waals surface area (Å²) in [4.78, 5) is 2.20. The van der Waals surface area contributed by atoms with Gasteiger partial charge in [-0.2, -0.15) is 0 Å². The third-order valence-corrected chi connectivity index (χ3v) is 5.86. The van der Waals surface area contributed by atoms with Gasteiger partial charge in [-0.15, -0.1) is 0 Å². The molecule has 1 heterocycles. The Morgan fingerprint density at radius 3 is 2.00 bits per heavy atom. The number of hydrogen-bond donors (Lipinski definition) is 0. The average Bonchev–Trinajstić information content (AvgIpc) is 3.01. The van der Waals surface area contributed by atoms with Crippen molar-refractivity contribution in [3.63, 3.8) is 0 Å². The van der Waals surface area contributed by atoms with E-state index in [4.69, 9.17) is 0 Å². The first-order valence-electron chi connectivity index (χ1n) is 5.67. The van der Waals surface area contributed by atoms with Crippen LogP contribution in [0.15, 0.2) is 0 Å². The van der Waals surface area contributed by atoms with Crippen LogP contribution in [0.2, 0.25) is 0 Å². The first-order chi connectivity index (χ1) is 7.01. The fraction of sp³-hybridized carbons (Fsp3) is 1.00. The molecule has 0 spiro atoms. The average molecular weight is 232 g/mol. The van der Waals surface area contributed by atoms with Gasteiger partial charge in [0.1, 0.15) is 0 Å². The van der Waals surface area contributed by atoms with E-state index in [9.17, 15) is 8.42 Å². The molecule has 4 nitrogen and oxygen atoms in total. The normalized spacial score (nSPS) is 26.1. The van der Waals surface area contributed by atoms with Gasteiger partial charge in [-0.05, 0) is 39.8 Å². The smallest absolute Gasteiger partial charge is 0.216 e. The largest absolute Gasteiger partial charge is 0.306 e. The summed E-state index contributed by atoms with van der Waals surface area (Å²) in [6.07, 6.45) is 3.68. The van der Waals surface area contributed by atoms with E-state index in [1.165, 1.54) is 0 Å². The molecule has 88 valence electrons. The van der Waals surface area contributed by atoms with Crippen LogP contribution in [0.25, 0.3) is 0 Å². The minimum absolute atomic E-state index is 0.0478. The first-order valence-corrected chi connectivity index (χ1v) is 7.17. The molecule has 2 fully saturated rings. The Morgan fingerprint density at radius 2 is 1.60 bits per heavy atom. The maximum Gasteiger partial charge on any atom is 0.216 e. The SMILES string of the molecule is CN(C)C1CCN(S(=O)(=O)C2CC2)CC1. The monoisotopic (exact) mass is 232 g/mol. The summed E-state index contributed by atoms with van der Waals surface area (Å²) in [7, 11) is 1.21. The van der Waals surface area contributed by atoms with Crippen LogP contribution < -0.4 is 0 Å². The van der Waals surface area contributed by atoms with Crippen molar-refractivity contribution in [1.29, 1.82) is 0 Å². The second-order valence-corrected chi connectivity index (χ2v) is 7.05. The van der Waals surface area contributed by atoms with Gasteiger partial charge in [-0.25, -0.2) is 12.7 Å². The highest BCUT2D eigenvalue weighted by molar-refractivity contribution is 7.90. The second kappa shape index (κ2) is 4.03. The van der Waals surface area contributed by atoms with Crippen molar-refractivity contribution < 1.29 is 8.42 Å². The van der Waals surface area contributed by atoms with Crippen LogP contribution in [-0.2, 0) is 10.0 Å². The van der Waals surface area contributed by atoms with Crippen LogP contribution >= 0.6 is 0 Å². The Morgan fingerprint density at radius 1 is 1.07 bits per heavy atom. The summed E-state index contributed by atoms with van der Waals surface area (Å²) in [5, 5.41) is -0.0478. The molecule has 0 aromatic heterocycles. The van der Waals surface area contributed by atoms with Gasteiger partial charge in [0.05, 0.1) is 5.25 Å². The van der Waals surface area contributed by atoms with Crippen molar-refractivity contribution in [2.45, 2.75) is 37.0 Å². The van der Waals surface area contributed by atoms with E-state index in [0.717, 1.165) is 25.7 Å². The Kier molecular flexibility index (Phi) is 3.05. The first kappa shape index (κ1) is 11.4. The number of piperidine rings is 1. The third kappa shape index (κ3) is 2.34. The highest BCUT2D eigenvalue weighted by Gasteiger charge is 2.41. The van der Waals surface area contributed by atoms with Gasteiger partial charge in [-0.3, -0.25) is 0 Å². The molecule has 0 amide bonds. The van der Waals surface area contributed by atoms with E-state index in [2.05, 4.69) is 19.0 Å². The standard InChI is InChI=1S/C10H20N2O2S/c1-11(2)9-5-7-12(8-6-9)15(13,14)10-3-4-10/h9-10H,3-8H2,1-2H3.